The smallest absolute Gasteiger partial charge is 0.243 e. The van der Waals surface area contributed by atoms with Gasteiger partial charge in [-0.25, -0.2) is 4.68 Å². The lowest BCUT2D eigenvalue weighted by molar-refractivity contribution is -0.137. The maximum Gasteiger partial charge on any atom is 0.416 e. The fraction of sp³-hybridized carbons (Fsp3) is 0.400. The first-order valence-electron chi connectivity index (χ1n) is 6.98. The molecule has 0 fully saturated rings. The zero-order valence-corrected chi connectivity index (χ0v) is 12.1. The predicted molar refractivity (Wildman–Crippen MR) is 74.7 cm³/mol. The summed E-state index contributed by atoms with van der Waals surface area (Å²) in [5, 5.41) is 16.8. The van der Waals surface area contributed by atoms with Gasteiger partial charge in [0.05, 0.1) is 5.56 Å². The van der Waals surface area contributed by atoms with Crippen LogP contribution in [0, 0.1) is 11.3 Å². The quantitative estimate of drug-likeness (QED) is 0.784. The fourth-order valence-electron chi connectivity index (χ4n) is 2.16. The number of aromatic nitrogens is 3. The molecule has 0 N–H and O–H groups in total. The fourth-order valence-corrected chi connectivity index (χ4v) is 2.16. The molecule has 1 heterocycles. The largest absolute Gasteiger partial charge is 0.416 e. The number of halogens is 3. The van der Waals surface area contributed by atoms with Gasteiger partial charge in [-0.2, -0.15) is 18.4 Å². The van der Waals surface area contributed by atoms with Crippen molar-refractivity contribution in [3.63, 3.8) is 0 Å². The number of benzene rings is 1. The Morgan fingerprint density at radius 2 is 1.86 bits per heavy atom. The number of nitrogens with zero attached hydrogens (tertiary/aromatic N) is 4. The molecule has 1 aromatic carbocycles. The van der Waals surface area contributed by atoms with Crippen molar-refractivity contribution in [2.75, 3.05) is 0 Å². The van der Waals surface area contributed by atoms with Gasteiger partial charge in [0.15, 0.2) is 5.69 Å². The minimum Gasteiger partial charge on any atom is -0.243 e. The van der Waals surface area contributed by atoms with Gasteiger partial charge < -0.3 is 0 Å². The Hall–Kier alpha value is -2.36. The molecule has 0 unspecified atom stereocenters. The van der Waals surface area contributed by atoms with Crippen molar-refractivity contribution < 1.29 is 13.2 Å². The van der Waals surface area contributed by atoms with E-state index in [9.17, 15) is 13.2 Å². The van der Waals surface area contributed by atoms with E-state index in [0.717, 1.165) is 31.4 Å². The Balaban J connectivity index is 2.34. The van der Waals surface area contributed by atoms with Crippen LogP contribution in [0.15, 0.2) is 24.3 Å². The van der Waals surface area contributed by atoms with Crippen LogP contribution in [0.25, 0.3) is 11.3 Å². The average Bonchev–Trinajstić information content (AvgIpc) is 2.90. The van der Waals surface area contributed by atoms with Crippen LogP contribution in [0.4, 0.5) is 13.2 Å². The molecule has 0 spiro atoms. The molecule has 7 heteroatoms. The van der Waals surface area contributed by atoms with Gasteiger partial charge in [0, 0.05) is 12.1 Å². The van der Waals surface area contributed by atoms with E-state index < -0.39 is 11.7 Å². The van der Waals surface area contributed by atoms with Gasteiger partial charge in [0.2, 0.25) is 0 Å². The Bertz CT molecular complexity index is 666. The Labute approximate surface area is 126 Å². The van der Waals surface area contributed by atoms with Crippen LogP contribution >= 0.6 is 0 Å². The first kappa shape index (κ1) is 16.0. The van der Waals surface area contributed by atoms with Gasteiger partial charge in [-0.15, -0.1) is 5.10 Å². The molecule has 0 atom stereocenters. The van der Waals surface area contributed by atoms with E-state index >= 15 is 0 Å². The van der Waals surface area contributed by atoms with E-state index in [1.165, 1.54) is 12.1 Å². The van der Waals surface area contributed by atoms with E-state index in [2.05, 4.69) is 17.2 Å². The Morgan fingerprint density at radius 1 is 1.18 bits per heavy atom. The highest BCUT2D eigenvalue weighted by atomic mass is 19.4. The Morgan fingerprint density at radius 3 is 2.41 bits per heavy atom. The predicted octanol–water partition coefficient (Wildman–Crippen LogP) is 4.03. The standard InChI is InChI=1S/C15H15F3N4/c1-2-3-4-9-22-14(13(10-19)20-21-22)11-5-7-12(8-6-11)15(16,17)18/h5-8H,2-4,9H2,1H3. The van der Waals surface area contributed by atoms with Gasteiger partial charge in [-0.1, -0.05) is 37.1 Å². The van der Waals surface area contributed by atoms with Crippen LogP contribution in [0.2, 0.25) is 0 Å². The Kier molecular flexibility index (Phi) is 4.81. The van der Waals surface area contributed by atoms with Crippen molar-refractivity contribution in [2.24, 2.45) is 0 Å². The van der Waals surface area contributed by atoms with Crippen molar-refractivity contribution >= 4 is 0 Å². The van der Waals surface area contributed by atoms with Crippen LogP contribution in [0.5, 0.6) is 0 Å². The lowest BCUT2D eigenvalue weighted by Gasteiger charge is -2.09. The van der Waals surface area contributed by atoms with Crippen LogP contribution in [-0.4, -0.2) is 15.0 Å². The number of rotatable bonds is 5. The molecule has 0 radical (unpaired) electrons. The maximum absolute atomic E-state index is 12.6. The lowest BCUT2D eigenvalue weighted by Crippen LogP contribution is -2.05. The average molecular weight is 308 g/mol. The number of alkyl halides is 3. The summed E-state index contributed by atoms with van der Waals surface area (Å²) in [6.45, 7) is 2.65. The number of unbranched alkanes of at least 4 members (excludes halogenated alkanes) is 2. The molecule has 0 aliphatic rings. The van der Waals surface area contributed by atoms with Gasteiger partial charge in [0.25, 0.3) is 0 Å². The highest BCUT2D eigenvalue weighted by Crippen LogP contribution is 2.31. The zero-order chi connectivity index (χ0) is 16.2. The molecule has 0 saturated heterocycles. The monoisotopic (exact) mass is 308 g/mol. The second kappa shape index (κ2) is 6.60. The second-order valence-electron chi connectivity index (χ2n) is 4.90. The normalized spacial score (nSPS) is 11.4. The summed E-state index contributed by atoms with van der Waals surface area (Å²) >= 11 is 0. The van der Waals surface area contributed by atoms with Gasteiger partial charge in [-0.05, 0) is 18.6 Å². The van der Waals surface area contributed by atoms with Crippen molar-refractivity contribution in [3.8, 4) is 17.3 Å². The number of hydrogen-bond acceptors (Lipinski definition) is 3. The molecular weight excluding hydrogens is 293 g/mol. The summed E-state index contributed by atoms with van der Waals surface area (Å²) in [5.74, 6) is 0. The van der Waals surface area contributed by atoms with E-state index in [1.54, 1.807) is 4.68 Å². The molecule has 22 heavy (non-hydrogen) atoms. The molecule has 2 rings (SSSR count). The second-order valence-corrected chi connectivity index (χ2v) is 4.90. The molecule has 0 aliphatic heterocycles. The number of nitriles is 1. The third-order valence-electron chi connectivity index (χ3n) is 3.30. The first-order chi connectivity index (χ1) is 10.5. The van der Waals surface area contributed by atoms with Crippen LogP contribution in [0.3, 0.4) is 0 Å². The molecule has 1 aromatic heterocycles. The zero-order valence-electron chi connectivity index (χ0n) is 12.1. The highest BCUT2D eigenvalue weighted by molar-refractivity contribution is 5.65. The summed E-state index contributed by atoms with van der Waals surface area (Å²) in [6.07, 6.45) is -1.46. The van der Waals surface area contributed by atoms with Crippen LogP contribution in [-0.2, 0) is 12.7 Å². The number of hydrogen-bond donors (Lipinski definition) is 0. The summed E-state index contributed by atoms with van der Waals surface area (Å²) in [5.41, 5.74) is 0.370. The van der Waals surface area contributed by atoms with E-state index in [0.29, 0.717) is 17.8 Å². The molecule has 116 valence electrons. The highest BCUT2D eigenvalue weighted by Gasteiger charge is 2.30. The molecule has 0 amide bonds. The van der Waals surface area contributed by atoms with Gasteiger partial charge in [0.1, 0.15) is 11.8 Å². The van der Waals surface area contributed by atoms with Crippen LogP contribution < -0.4 is 0 Å². The van der Waals surface area contributed by atoms with Crippen molar-refractivity contribution in [3.05, 3.63) is 35.5 Å². The minimum absolute atomic E-state index is 0.122. The first-order valence-corrected chi connectivity index (χ1v) is 6.98. The summed E-state index contributed by atoms with van der Waals surface area (Å²) < 4.78 is 39.4. The maximum atomic E-state index is 12.6. The molecular formula is C15H15F3N4. The van der Waals surface area contributed by atoms with E-state index in [1.807, 2.05) is 6.07 Å². The van der Waals surface area contributed by atoms with Crippen molar-refractivity contribution in [2.45, 2.75) is 38.9 Å². The topological polar surface area (TPSA) is 54.5 Å². The van der Waals surface area contributed by atoms with Crippen molar-refractivity contribution in [1.82, 2.24) is 15.0 Å². The van der Waals surface area contributed by atoms with Gasteiger partial charge >= 0.3 is 6.18 Å². The molecule has 0 bridgehead atoms. The van der Waals surface area contributed by atoms with E-state index in [4.69, 9.17) is 5.26 Å². The molecule has 0 saturated carbocycles. The minimum atomic E-state index is -4.38. The van der Waals surface area contributed by atoms with Crippen molar-refractivity contribution in [1.29, 1.82) is 5.26 Å². The summed E-state index contributed by atoms with van der Waals surface area (Å²) in [7, 11) is 0. The lowest BCUT2D eigenvalue weighted by atomic mass is 10.1. The van der Waals surface area contributed by atoms with E-state index in [-0.39, 0.29) is 5.69 Å². The molecule has 2 aromatic rings. The third-order valence-corrected chi connectivity index (χ3v) is 3.30. The number of aryl methyl sites for hydroxylation is 1. The third kappa shape index (κ3) is 3.45. The molecule has 0 aliphatic carbocycles. The van der Waals surface area contributed by atoms with Crippen LogP contribution in [0.1, 0.15) is 37.4 Å². The van der Waals surface area contributed by atoms with Gasteiger partial charge in [-0.3, -0.25) is 0 Å². The SMILES string of the molecule is CCCCCn1nnc(C#N)c1-c1ccc(C(F)(F)F)cc1. The summed E-state index contributed by atoms with van der Waals surface area (Å²) in [6, 6.07) is 6.62. The molecule has 4 nitrogen and oxygen atoms in total. The summed E-state index contributed by atoms with van der Waals surface area (Å²) in [4.78, 5) is 0.